The van der Waals surface area contributed by atoms with Crippen LogP contribution in [0.2, 0.25) is 0 Å². The van der Waals surface area contributed by atoms with Crippen molar-refractivity contribution in [3.63, 3.8) is 0 Å². The van der Waals surface area contributed by atoms with Gasteiger partial charge in [0.1, 0.15) is 0 Å². The maximum atomic E-state index is 12.0. The molecule has 5 nitrogen and oxygen atoms in total. The van der Waals surface area contributed by atoms with Crippen LogP contribution < -0.4 is 11.1 Å². The van der Waals surface area contributed by atoms with Gasteiger partial charge in [-0.2, -0.15) is 0 Å². The third-order valence-corrected chi connectivity index (χ3v) is 4.11. The van der Waals surface area contributed by atoms with Crippen molar-refractivity contribution in [1.29, 1.82) is 0 Å². The number of amides is 2. The van der Waals surface area contributed by atoms with E-state index < -0.39 is 0 Å². The lowest BCUT2D eigenvalue weighted by molar-refractivity contribution is -0.138. The van der Waals surface area contributed by atoms with Crippen molar-refractivity contribution in [3.8, 4) is 0 Å². The number of hydrogen-bond acceptors (Lipinski definition) is 3. The molecular weight excluding hydrogens is 230 g/mol. The van der Waals surface area contributed by atoms with E-state index in [1.165, 1.54) is 0 Å². The lowest BCUT2D eigenvalue weighted by Gasteiger charge is -2.31. The molecule has 0 aromatic carbocycles. The van der Waals surface area contributed by atoms with Crippen LogP contribution in [0.25, 0.3) is 0 Å². The maximum absolute atomic E-state index is 12.0. The monoisotopic (exact) mass is 253 g/mol. The smallest absolute Gasteiger partial charge is 0.240 e. The minimum Gasteiger partial charge on any atom is -0.348 e. The molecule has 0 aromatic heterocycles. The van der Waals surface area contributed by atoms with Crippen molar-refractivity contribution in [2.45, 2.75) is 50.5 Å². The minimum atomic E-state index is -0.212. The number of piperidine rings is 1. The van der Waals surface area contributed by atoms with Gasteiger partial charge in [-0.05, 0) is 25.7 Å². The molecule has 0 bridgehead atoms. The van der Waals surface area contributed by atoms with Gasteiger partial charge in [0, 0.05) is 19.5 Å². The molecule has 1 saturated carbocycles. The number of hydrogen-bond donors (Lipinski definition) is 2. The first-order chi connectivity index (χ1) is 8.65. The predicted molar refractivity (Wildman–Crippen MR) is 68.8 cm³/mol. The van der Waals surface area contributed by atoms with Crippen LogP contribution in [-0.2, 0) is 9.59 Å². The van der Waals surface area contributed by atoms with Crippen molar-refractivity contribution in [2.75, 3.05) is 19.6 Å². The lowest BCUT2D eigenvalue weighted by Crippen LogP contribution is -2.54. The SMILES string of the molecule is NCC1(NC(=O)CN2CCCCC2=O)CCCC1. The van der Waals surface area contributed by atoms with Crippen LogP contribution >= 0.6 is 0 Å². The van der Waals surface area contributed by atoms with Crippen molar-refractivity contribution in [2.24, 2.45) is 5.73 Å². The first-order valence-electron chi connectivity index (χ1n) is 6.94. The van der Waals surface area contributed by atoms with Crippen LogP contribution in [0.5, 0.6) is 0 Å². The molecule has 2 amide bonds. The summed E-state index contributed by atoms with van der Waals surface area (Å²) in [4.78, 5) is 25.3. The molecule has 2 rings (SSSR count). The molecular formula is C13H23N3O2. The highest BCUT2D eigenvalue weighted by molar-refractivity contribution is 5.85. The molecule has 102 valence electrons. The van der Waals surface area contributed by atoms with Crippen LogP contribution in [0.15, 0.2) is 0 Å². The van der Waals surface area contributed by atoms with E-state index in [2.05, 4.69) is 5.32 Å². The summed E-state index contributed by atoms with van der Waals surface area (Å²) in [6, 6.07) is 0. The second-order valence-corrected chi connectivity index (χ2v) is 5.51. The molecule has 1 saturated heterocycles. The largest absolute Gasteiger partial charge is 0.348 e. The van der Waals surface area contributed by atoms with E-state index in [-0.39, 0.29) is 23.9 Å². The molecule has 2 fully saturated rings. The Morgan fingerprint density at radius 1 is 1.28 bits per heavy atom. The number of carbonyl (C=O) groups excluding carboxylic acids is 2. The van der Waals surface area contributed by atoms with Crippen molar-refractivity contribution in [3.05, 3.63) is 0 Å². The van der Waals surface area contributed by atoms with E-state index >= 15 is 0 Å². The molecule has 0 spiro atoms. The standard InChI is InChI=1S/C13H23N3O2/c14-10-13(6-2-3-7-13)15-11(17)9-16-8-4-1-5-12(16)18/h1-10,14H2,(H,15,17). The number of rotatable bonds is 4. The van der Waals surface area contributed by atoms with Gasteiger partial charge in [0.15, 0.2) is 0 Å². The fraction of sp³-hybridized carbons (Fsp3) is 0.846. The lowest BCUT2D eigenvalue weighted by atomic mass is 9.98. The Bertz CT molecular complexity index is 324. The third kappa shape index (κ3) is 3.02. The summed E-state index contributed by atoms with van der Waals surface area (Å²) < 4.78 is 0. The zero-order valence-corrected chi connectivity index (χ0v) is 10.9. The number of nitrogens with two attached hydrogens (primary N) is 1. The summed E-state index contributed by atoms with van der Waals surface area (Å²) in [5, 5.41) is 3.05. The van der Waals surface area contributed by atoms with Crippen LogP contribution in [0.4, 0.5) is 0 Å². The molecule has 18 heavy (non-hydrogen) atoms. The highest BCUT2D eigenvalue weighted by atomic mass is 16.2. The van der Waals surface area contributed by atoms with Crippen molar-refractivity contribution >= 4 is 11.8 Å². The molecule has 2 aliphatic rings. The predicted octanol–water partition coefficient (Wildman–Crippen LogP) is 0.387. The molecule has 0 atom stereocenters. The molecule has 1 heterocycles. The van der Waals surface area contributed by atoms with Gasteiger partial charge in [0.25, 0.3) is 0 Å². The van der Waals surface area contributed by atoms with Crippen LogP contribution in [-0.4, -0.2) is 41.9 Å². The number of nitrogens with zero attached hydrogens (tertiary/aromatic N) is 1. The molecule has 0 aromatic rings. The van der Waals surface area contributed by atoms with Gasteiger partial charge < -0.3 is 16.0 Å². The topological polar surface area (TPSA) is 75.4 Å². The Balaban J connectivity index is 1.85. The third-order valence-electron chi connectivity index (χ3n) is 4.11. The highest BCUT2D eigenvalue weighted by Gasteiger charge is 2.34. The van der Waals surface area contributed by atoms with Gasteiger partial charge in [-0.3, -0.25) is 9.59 Å². The Morgan fingerprint density at radius 2 is 2.00 bits per heavy atom. The summed E-state index contributed by atoms with van der Waals surface area (Å²) in [7, 11) is 0. The average Bonchev–Trinajstić information content (AvgIpc) is 2.81. The molecule has 0 radical (unpaired) electrons. The van der Waals surface area contributed by atoms with E-state index in [0.717, 1.165) is 38.5 Å². The van der Waals surface area contributed by atoms with Crippen LogP contribution in [0, 0.1) is 0 Å². The number of carbonyl (C=O) groups is 2. The van der Waals surface area contributed by atoms with E-state index in [1.54, 1.807) is 4.90 Å². The van der Waals surface area contributed by atoms with E-state index in [0.29, 0.717) is 19.5 Å². The van der Waals surface area contributed by atoms with Gasteiger partial charge in [0.05, 0.1) is 12.1 Å². The van der Waals surface area contributed by atoms with E-state index in [9.17, 15) is 9.59 Å². The Hall–Kier alpha value is -1.10. The van der Waals surface area contributed by atoms with Crippen molar-refractivity contribution < 1.29 is 9.59 Å². The van der Waals surface area contributed by atoms with Gasteiger partial charge in [-0.25, -0.2) is 0 Å². The summed E-state index contributed by atoms with van der Waals surface area (Å²) in [6.45, 7) is 1.40. The second kappa shape index (κ2) is 5.69. The Labute approximate surface area is 108 Å². The molecule has 5 heteroatoms. The molecule has 1 aliphatic heterocycles. The summed E-state index contributed by atoms with van der Waals surface area (Å²) in [5.41, 5.74) is 5.57. The Kier molecular flexibility index (Phi) is 4.22. The van der Waals surface area contributed by atoms with E-state index in [1.807, 2.05) is 0 Å². The summed E-state index contributed by atoms with van der Waals surface area (Å²) in [6.07, 6.45) is 6.70. The normalized spacial score (nSPS) is 23.2. The van der Waals surface area contributed by atoms with Crippen LogP contribution in [0.3, 0.4) is 0 Å². The fourth-order valence-corrected chi connectivity index (χ4v) is 2.97. The molecule has 0 unspecified atom stereocenters. The summed E-state index contributed by atoms with van der Waals surface area (Å²) in [5.74, 6) is 0.0437. The highest BCUT2D eigenvalue weighted by Crippen LogP contribution is 2.28. The summed E-state index contributed by atoms with van der Waals surface area (Å²) >= 11 is 0. The fourth-order valence-electron chi connectivity index (χ4n) is 2.97. The number of nitrogens with one attached hydrogen (secondary N) is 1. The quantitative estimate of drug-likeness (QED) is 0.761. The molecule has 3 N–H and O–H groups in total. The first kappa shape index (κ1) is 13.3. The second-order valence-electron chi connectivity index (χ2n) is 5.51. The first-order valence-corrected chi connectivity index (χ1v) is 6.94. The zero-order chi connectivity index (χ0) is 13.0. The van der Waals surface area contributed by atoms with Crippen molar-refractivity contribution in [1.82, 2.24) is 10.2 Å². The van der Waals surface area contributed by atoms with Crippen LogP contribution in [0.1, 0.15) is 44.9 Å². The van der Waals surface area contributed by atoms with Gasteiger partial charge in [-0.15, -0.1) is 0 Å². The van der Waals surface area contributed by atoms with Gasteiger partial charge >= 0.3 is 0 Å². The average molecular weight is 253 g/mol. The molecule has 1 aliphatic carbocycles. The zero-order valence-electron chi connectivity index (χ0n) is 10.9. The van der Waals surface area contributed by atoms with Gasteiger partial charge in [-0.1, -0.05) is 12.8 Å². The Morgan fingerprint density at radius 3 is 2.61 bits per heavy atom. The maximum Gasteiger partial charge on any atom is 0.240 e. The van der Waals surface area contributed by atoms with Gasteiger partial charge in [0.2, 0.25) is 11.8 Å². The van der Waals surface area contributed by atoms with E-state index in [4.69, 9.17) is 5.73 Å². The minimum absolute atomic E-state index is 0.0578. The number of likely N-dealkylation sites (tertiary alicyclic amines) is 1.